The second kappa shape index (κ2) is 9.77. The second-order valence-electron chi connectivity index (χ2n) is 10.9. The van der Waals surface area contributed by atoms with E-state index in [0.717, 1.165) is 6.42 Å². The number of alkyl halides is 2. The van der Waals surface area contributed by atoms with Gasteiger partial charge in [-0.05, 0) is 55.4 Å². The fraction of sp³-hybridized carbons (Fsp3) is 0.500. The maximum absolute atomic E-state index is 13.5. The molecule has 2 aliphatic carbocycles. The van der Waals surface area contributed by atoms with Crippen LogP contribution in [0.5, 0.6) is 5.75 Å². The van der Waals surface area contributed by atoms with Crippen molar-refractivity contribution in [2.45, 2.75) is 76.6 Å². The number of hydrogen-bond acceptors (Lipinski definition) is 7. The number of aromatic nitrogens is 4. The molecule has 0 radical (unpaired) electrons. The number of rotatable bonds is 10. The summed E-state index contributed by atoms with van der Waals surface area (Å²) in [5, 5.41) is 5.01. The molecule has 3 aromatic rings. The largest absolute Gasteiger partial charge is 0.486 e. The summed E-state index contributed by atoms with van der Waals surface area (Å²) >= 11 is 0. The number of piperidine rings is 1. The van der Waals surface area contributed by atoms with Gasteiger partial charge < -0.3 is 9.64 Å². The first-order valence-corrected chi connectivity index (χ1v) is 13.3. The Balaban J connectivity index is 1.16. The van der Waals surface area contributed by atoms with Crippen molar-refractivity contribution in [2.24, 2.45) is 11.8 Å². The first-order valence-electron chi connectivity index (χ1n) is 13.3. The summed E-state index contributed by atoms with van der Waals surface area (Å²) in [5.41, 5.74) is 0.840. The Morgan fingerprint density at radius 2 is 1.90 bits per heavy atom. The number of likely N-dealkylation sites (tertiary alicyclic amines) is 1. The lowest BCUT2D eigenvalue weighted by Crippen LogP contribution is -2.45. The van der Waals surface area contributed by atoms with Crippen molar-refractivity contribution in [2.75, 3.05) is 0 Å². The second-order valence-corrected chi connectivity index (χ2v) is 10.9. The van der Waals surface area contributed by atoms with Crippen molar-refractivity contribution in [1.82, 2.24) is 24.6 Å². The van der Waals surface area contributed by atoms with E-state index in [-0.39, 0.29) is 67.5 Å². The van der Waals surface area contributed by atoms with E-state index < -0.39 is 12.0 Å². The highest BCUT2D eigenvalue weighted by Crippen LogP contribution is 2.49. The van der Waals surface area contributed by atoms with Crippen LogP contribution in [0.4, 0.5) is 8.78 Å². The number of benzene rings is 1. The number of nitrogens with zero attached hydrogens (tertiary/aromatic N) is 5. The Kier molecular flexibility index (Phi) is 6.39. The van der Waals surface area contributed by atoms with Gasteiger partial charge >= 0.3 is 0 Å². The summed E-state index contributed by atoms with van der Waals surface area (Å²) in [7, 11) is 0. The Morgan fingerprint density at radius 1 is 1.13 bits per heavy atom. The van der Waals surface area contributed by atoms with E-state index in [1.807, 2.05) is 0 Å². The molecule has 2 aromatic heterocycles. The highest BCUT2D eigenvalue weighted by atomic mass is 19.3. The van der Waals surface area contributed by atoms with Crippen LogP contribution in [-0.4, -0.2) is 60.1 Å². The van der Waals surface area contributed by atoms with E-state index in [4.69, 9.17) is 4.74 Å². The summed E-state index contributed by atoms with van der Waals surface area (Å²) in [4.78, 5) is 48.8. The van der Waals surface area contributed by atoms with E-state index in [1.165, 1.54) is 11.6 Å². The molecule has 0 unspecified atom stereocenters. The highest BCUT2D eigenvalue weighted by molar-refractivity contribution is 6.05. The summed E-state index contributed by atoms with van der Waals surface area (Å²) in [6.07, 6.45) is 5.09. The molecule has 1 aliphatic heterocycles. The van der Waals surface area contributed by atoms with Crippen LogP contribution >= 0.6 is 0 Å². The van der Waals surface area contributed by atoms with Gasteiger partial charge in [-0.15, -0.1) is 0 Å². The maximum Gasteiger partial charge on any atom is 0.248 e. The zero-order chi connectivity index (χ0) is 27.3. The first kappa shape index (κ1) is 25.5. The molecule has 3 heterocycles. The third-order valence-corrected chi connectivity index (χ3v) is 8.07. The number of halogens is 2. The molecule has 3 fully saturated rings. The van der Waals surface area contributed by atoms with Crippen LogP contribution in [-0.2, 0) is 22.7 Å². The van der Waals surface area contributed by atoms with Gasteiger partial charge in [-0.2, -0.15) is 5.10 Å². The molecule has 9 nitrogen and oxygen atoms in total. The zero-order valence-electron chi connectivity index (χ0n) is 21.6. The van der Waals surface area contributed by atoms with Crippen molar-refractivity contribution in [3.05, 3.63) is 48.2 Å². The number of carbonyl (C=O) groups excluding carboxylic acids is 3. The van der Waals surface area contributed by atoms with Gasteiger partial charge in [0, 0.05) is 50.0 Å². The number of fused-ring (bicyclic) bond motifs is 2. The molecule has 3 atom stereocenters. The number of ketones is 2. The first-order chi connectivity index (χ1) is 18.7. The van der Waals surface area contributed by atoms with Crippen LogP contribution < -0.4 is 4.74 Å². The molecule has 0 N–H and O–H groups in total. The van der Waals surface area contributed by atoms with E-state index in [1.54, 1.807) is 41.6 Å². The number of hydrogen-bond donors (Lipinski definition) is 0. The van der Waals surface area contributed by atoms with E-state index in [9.17, 15) is 23.2 Å². The highest BCUT2D eigenvalue weighted by Gasteiger charge is 2.55. The van der Waals surface area contributed by atoms with Crippen molar-refractivity contribution in [1.29, 1.82) is 0 Å². The number of Topliss-reactive ketones (excluding diaryl/α,β-unsaturated/α-hetero) is 2. The van der Waals surface area contributed by atoms with E-state index in [0.29, 0.717) is 41.2 Å². The van der Waals surface area contributed by atoms with E-state index in [2.05, 4.69) is 15.1 Å². The number of ether oxygens (including phenoxy) is 1. The Bertz CT molecular complexity index is 1430. The molecule has 1 aromatic carbocycles. The molecule has 11 heteroatoms. The topological polar surface area (TPSA) is 107 Å². The molecule has 0 bridgehead atoms. The van der Waals surface area contributed by atoms with Crippen molar-refractivity contribution in [3.63, 3.8) is 0 Å². The van der Waals surface area contributed by atoms with Crippen LogP contribution in [0.15, 0.2) is 36.7 Å². The Labute approximate surface area is 223 Å². The third-order valence-electron chi connectivity index (χ3n) is 8.07. The van der Waals surface area contributed by atoms with Gasteiger partial charge in [0.05, 0.1) is 11.6 Å². The standard InChI is InChI=1S/C28H29F2N5O4/c1-16(36)27-20-11-19(39-15-25-31-7-2-8-32-25)4-5-21(20)34(33-27)14-26(38)35-22-9-18(22)10-23(35)24(37)6-3-17-12-28(29,30)13-17/h2,4-5,7-8,11,17-18,22-23H,3,6,9-10,12-15H2,1H3/t18-,22-,23+/m1/s1. The van der Waals surface area contributed by atoms with Gasteiger partial charge in [0.2, 0.25) is 11.8 Å². The molecule has 39 heavy (non-hydrogen) atoms. The molecule has 1 amide bonds. The van der Waals surface area contributed by atoms with Gasteiger partial charge in [-0.25, -0.2) is 18.7 Å². The predicted octanol–water partition coefficient (Wildman–Crippen LogP) is 3.99. The average Bonchev–Trinajstić information content (AvgIpc) is 3.40. The maximum atomic E-state index is 13.5. The number of amides is 1. The zero-order valence-corrected chi connectivity index (χ0v) is 21.6. The van der Waals surface area contributed by atoms with E-state index >= 15 is 0 Å². The lowest BCUT2D eigenvalue weighted by Gasteiger charge is -2.35. The molecule has 0 spiro atoms. The SMILES string of the molecule is CC(=O)c1nn(CC(=O)N2[C@@H]3C[C@@H]3C[C@H]2C(=O)CCC2CC(F)(F)C2)c2ccc(OCc3ncccn3)cc12. The minimum Gasteiger partial charge on any atom is -0.486 e. The van der Waals surface area contributed by atoms with Gasteiger partial charge in [0.25, 0.3) is 0 Å². The number of carbonyl (C=O) groups is 3. The van der Waals surface area contributed by atoms with Crippen LogP contribution in [0.2, 0.25) is 0 Å². The predicted molar refractivity (Wildman–Crippen MR) is 135 cm³/mol. The molecule has 3 aliphatic rings. The van der Waals surface area contributed by atoms with Crippen molar-refractivity contribution < 1.29 is 27.9 Å². The van der Waals surface area contributed by atoms with Gasteiger partial charge in [-0.1, -0.05) is 0 Å². The fourth-order valence-corrected chi connectivity index (χ4v) is 6.00. The minimum atomic E-state index is -2.60. The molecule has 2 saturated carbocycles. The fourth-order valence-electron chi connectivity index (χ4n) is 6.00. The van der Waals surface area contributed by atoms with Crippen LogP contribution in [0.1, 0.15) is 61.8 Å². The normalized spacial score (nSPS) is 23.4. The van der Waals surface area contributed by atoms with Crippen LogP contribution in [0.3, 0.4) is 0 Å². The quantitative estimate of drug-likeness (QED) is 0.360. The van der Waals surface area contributed by atoms with Crippen LogP contribution in [0, 0.1) is 11.8 Å². The molecule has 204 valence electrons. The molecular formula is C28H29F2N5O4. The summed E-state index contributed by atoms with van der Waals surface area (Å²) in [6, 6.07) is 6.44. The summed E-state index contributed by atoms with van der Waals surface area (Å²) in [5.74, 6) is -1.90. The smallest absolute Gasteiger partial charge is 0.248 e. The molecule has 1 saturated heterocycles. The van der Waals surface area contributed by atoms with Gasteiger partial charge in [0.15, 0.2) is 17.4 Å². The third kappa shape index (κ3) is 5.14. The Morgan fingerprint density at radius 3 is 2.62 bits per heavy atom. The minimum absolute atomic E-state index is 0.0359. The summed E-state index contributed by atoms with van der Waals surface area (Å²) < 4.78 is 33.6. The Hall–Kier alpha value is -3.76. The molecule has 6 rings (SSSR count). The van der Waals surface area contributed by atoms with Crippen LogP contribution in [0.25, 0.3) is 10.9 Å². The van der Waals surface area contributed by atoms with Gasteiger partial charge in [-0.3, -0.25) is 19.1 Å². The average molecular weight is 538 g/mol. The lowest BCUT2D eigenvalue weighted by atomic mass is 9.78. The lowest BCUT2D eigenvalue weighted by molar-refractivity contribution is -0.140. The van der Waals surface area contributed by atoms with Crippen molar-refractivity contribution in [3.8, 4) is 5.75 Å². The summed E-state index contributed by atoms with van der Waals surface area (Å²) in [6.45, 7) is 1.47. The van der Waals surface area contributed by atoms with Crippen molar-refractivity contribution >= 4 is 28.4 Å². The molecular weight excluding hydrogens is 508 g/mol. The van der Waals surface area contributed by atoms with Gasteiger partial charge in [0.1, 0.15) is 24.6 Å². The monoisotopic (exact) mass is 537 g/mol.